The summed E-state index contributed by atoms with van der Waals surface area (Å²) in [6.07, 6.45) is 2.00. The predicted octanol–water partition coefficient (Wildman–Crippen LogP) is 3.85. The largest absolute Gasteiger partial charge is 0.379 e. The van der Waals surface area contributed by atoms with Crippen molar-refractivity contribution in [3.8, 4) is 0 Å². The van der Waals surface area contributed by atoms with Gasteiger partial charge in [-0.3, -0.25) is 0 Å². The first-order chi connectivity index (χ1) is 8.08. The SMILES string of the molecule is Cc1cc(F)c(Br)cc1NCc1cccn1C. The zero-order valence-electron chi connectivity index (χ0n) is 9.80. The van der Waals surface area contributed by atoms with Crippen LogP contribution in [0.2, 0.25) is 0 Å². The van der Waals surface area contributed by atoms with E-state index in [2.05, 4.69) is 31.9 Å². The van der Waals surface area contributed by atoms with Gasteiger partial charge in [-0.15, -0.1) is 0 Å². The van der Waals surface area contributed by atoms with Crippen molar-refractivity contribution in [2.24, 2.45) is 7.05 Å². The van der Waals surface area contributed by atoms with Gasteiger partial charge < -0.3 is 9.88 Å². The topological polar surface area (TPSA) is 17.0 Å². The number of aryl methyl sites for hydroxylation is 2. The first-order valence-corrected chi connectivity index (χ1v) is 6.17. The van der Waals surface area contributed by atoms with Crippen molar-refractivity contribution in [3.63, 3.8) is 0 Å². The molecule has 17 heavy (non-hydrogen) atoms. The minimum absolute atomic E-state index is 0.230. The van der Waals surface area contributed by atoms with Gasteiger partial charge >= 0.3 is 0 Å². The van der Waals surface area contributed by atoms with Gasteiger partial charge in [0.05, 0.1) is 11.0 Å². The van der Waals surface area contributed by atoms with Gasteiger partial charge in [0.15, 0.2) is 0 Å². The van der Waals surface area contributed by atoms with Crippen molar-refractivity contribution in [3.05, 3.63) is 52.0 Å². The second kappa shape index (κ2) is 4.92. The van der Waals surface area contributed by atoms with Crippen LogP contribution in [0.15, 0.2) is 34.9 Å². The molecule has 0 aliphatic rings. The number of nitrogens with one attached hydrogen (secondary N) is 1. The van der Waals surface area contributed by atoms with Crippen LogP contribution in [0.4, 0.5) is 10.1 Å². The van der Waals surface area contributed by atoms with Crippen LogP contribution < -0.4 is 5.32 Å². The Labute approximate surface area is 109 Å². The van der Waals surface area contributed by atoms with E-state index >= 15 is 0 Å². The molecule has 0 unspecified atom stereocenters. The molecule has 90 valence electrons. The molecule has 1 heterocycles. The maximum atomic E-state index is 13.3. The molecular formula is C13H14BrFN2. The fourth-order valence-corrected chi connectivity index (χ4v) is 2.05. The first kappa shape index (κ1) is 12.2. The van der Waals surface area contributed by atoms with Gasteiger partial charge in [-0.1, -0.05) is 0 Å². The number of benzene rings is 1. The highest BCUT2D eigenvalue weighted by atomic mass is 79.9. The van der Waals surface area contributed by atoms with Crippen LogP contribution in [-0.2, 0) is 13.6 Å². The van der Waals surface area contributed by atoms with E-state index in [-0.39, 0.29) is 5.82 Å². The molecule has 0 saturated heterocycles. The number of rotatable bonds is 3. The number of hydrogen-bond donors (Lipinski definition) is 1. The summed E-state index contributed by atoms with van der Waals surface area (Å²) in [6, 6.07) is 7.36. The minimum Gasteiger partial charge on any atom is -0.379 e. The average molecular weight is 297 g/mol. The standard InChI is InChI=1S/C13H14BrFN2/c1-9-6-12(15)11(14)7-13(9)16-8-10-4-3-5-17(10)2/h3-7,16H,8H2,1-2H3. The Hall–Kier alpha value is -1.29. The van der Waals surface area contributed by atoms with Crippen LogP contribution in [0.5, 0.6) is 0 Å². The normalized spacial score (nSPS) is 10.6. The summed E-state index contributed by atoms with van der Waals surface area (Å²) in [4.78, 5) is 0. The molecule has 0 atom stereocenters. The minimum atomic E-state index is -0.230. The highest BCUT2D eigenvalue weighted by Gasteiger charge is 2.05. The molecule has 0 aliphatic heterocycles. The van der Waals surface area contributed by atoms with Crippen LogP contribution in [0.3, 0.4) is 0 Å². The van der Waals surface area contributed by atoms with Gasteiger partial charge in [-0.05, 0) is 52.7 Å². The molecule has 4 heteroatoms. The van der Waals surface area contributed by atoms with Crippen molar-refractivity contribution < 1.29 is 4.39 Å². The van der Waals surface area contributed by atoms with Gasteiger partial charge in [0.2, 0.25) is 0 Å². The summed E-state index contributed by atoms with van der Waals surface area (Å²) >= 11 is 3.19. The van der Waals surface area contributed by atoms with Gasteiger partial charge in [0, 0.05) is 24.6 Å². The van der Waals surface area contributed by atoms with E-state index in [0.29, 0.717) is 4.47 Å². The van der Waals surface area contributed by atoms with Crippen LogP contribution in [-0.4, -0.2) is 4.57 Å². The number of anilines is 1. The highest BCUT2D eigenvalue weighted by molar-refractivity contribution is 9.10. The van der Waals surface area contributed by atoms with E-state index < -0.39 is 0 Å². The smallest absolute Gasteiger partial charge is 0.137 e. The summed E-state index contributed by atoms with van der Waals surface area (Å²) < 4.78 is 15.8. The van der Waals surface area contributed by atoms with E-state index in [1.807, 2.05) is 26.2 Å². The summed E-state index contributed by atoms with van der Waals surface area (Å²) in [7, 11) is 2.00. The second-order valence-electron chi connectivity index (χ2n) is 4.05. The third-order valence-electron chi connectivity index (χ3n) is 2.78. The average Bonchev–Trinajstić information content (AvgIpc) is 2.68. The Kier molecular flexibility index (Phi) is 3.52. The number of hydrogen-bond acceptors (Lipinski definition) is 1. The molecule has 0 spiro atoms. The number of nitrogens with zero attached hydrogens (tertiary/aromatic N) is 1. The molecule has 0 aliphatic carbocycles. The summed E-state index contributed by atoms with van der Waals surface area (Å²) in [5.41, 5.74) is 3.03. The van der Waals surface area contributed by atoms with Crippen LogP contribution in [0, 0.1) is 12.7 Å². The van der Waals surface area contributed by atoms with Crippen molar-refractivity contribution in [2.75, 3.05) is 5.32 Å². The number of aromatic nitrogens is 1. The van der Waals surface area contributed by atoms with Gasteiger partial charge in [0.1, 0.15) is 5.82 Å². The molecule has 0 bridgehead atoms. The second-order valence-corrected chi connectivity index (χ2v) is 4.90. The zero-order chi connectivity index (χ0) is 12.4. The van der Waals surface area contributed by atoms with Crippen molar-refractivity contribution >= 4 is 21.6 Å². The number of halogens is 2. The summed E-state index contributed by atoms with van der Waals surface area (Å²) in [6.45, 7) is 2.62. The van der Waals surface area contributed by atoms with Gasteiger partial charge in [-0.2, -0.15) is 0 Å². The molecule has 1 aromatic heterocycles. The Morgan fingerprint density at radius 1 is 1.41 bits per heavy atom. The summed E-state index contributed by atoms with van der Waals surface area (Å²) in [5.74, 6) is -0.230. The predicted molar refractivity (Wildman–Crippen MR) is 71.6 cm³/mol. The van der Waals surface area contributed by atoms with Crippen molar-refractivity contribution in [2.45, 2.75) is 13.5 Å². The Bertz CT molecular complexity index is 534. The molecule has 0 amide bonds. The Balaban J connectivity index is 2.14. The van der Waals surface area contributed by atoms with E-state index in [4.69, 9.17) is 0 Å². The molecule has 0 radical (unpaired) electrons. The Morgan fingerprint density at radius 2 is 2.18 bits per heavy atom. The third-order valence-corrected chi connectivity index (χ3v) is 3.39. The fourth-order valence-electron chi connectivity index (χ4n) is 1.70. The van der Waals surface area contributed by atoms with E-state index in [0.717, 1.165) is 17.8 Å². The van der Waals surface area contributed by atoms with Crippen molar-refractivity contribution in [1.29, 1.82) is 0 Å². The summed E-state index contributed by atoms with van der Waals surface area (Å²) in [5, 5.41) is 3.31. The quantitative estimate of drug-likeness (QED) is 0.910. The van der Waals surface area contributed by atoms with Crippen LogP contribution in [0.1, 0.15) is 11.3 Å². The molecule has 1 N–H and O–H groups in total. The zero-order valence-corrected chi connectivity index (χ0v) is 11.4. The first-order valence-electron chi connectivity index (χ1n) is 5.37. The molecule has 2 rings (SSSR count). The molecular weight excluding hydrogens is 283 g/mol. The van der Waals surface area contributed by atoms with Crippen LogP contribution in [0.25, 0.3) is 0 Å². The van der Waals surface area contributed by atoms with Crippen LogP contribution >= 0.6 is 15.9 Å². The van der Waals surface area contributed by atoms with Crippen molar-refractivity contribution in [1.82, 2.24) is 4.57 Å². The maximum Gasteiger partial charge on any atom is 0.137 e. The lowest BCUT2D eigenvalue weighted by Gasteiger charge is -2.11. The van der Waals surface area contributed by atoms with Gasteiger partial charge in [-0.25, -0.2) is 4.39 Å². The van der Waals surface area contributed by atoms with Gasteiger partial charge in [0.25, 0.3) is 0 Å². The lowest BCUT2D eigenvalue weighted by Crippen LogP contribution is -2.05. The molecule has 2 nitrogen and oxygen atoms in total. The third kappa shape index (κ3) is 2.69. The molecule has 1 aromatic carbocycles. The monoisotopic (exact) mass is 296 g/mol. The molecule has 0 fully saturated rings. The Morgan fingerprint density at radius 3 is 2.82 bits per heavy atom. The fraction of sp³-hybridized carbons (Fsp3) is 0.231. The lowest BCUT2D eigenvalue weighted by molar-refractivity contribution is 0.620. The lowest BCUT2D eigenvalue weighted by atomic mass is 10.2. The van der Waals surface area contributed by atoms with E-state index in [1.165, 1.54) is 11.8 Å². The maximum absolute atomic E-state index is 13.3. The molecule has 0 saturated carbocycles. The van der Waals surface area contributed by atoms with E-state index in [1.54, 1.807) is 6.07 Å². The molecule has 2 aromatic rings. The van der Waals surface area contributed by atoms with E-state index in [9.17, 15) is 4.39 Å². The highest BCUT2D eigenvalue weighted by Crippen LogP contribution is 2.24.